The van der Waals surface area contributed by atoms with Crippen LogP contribution in [-0.4, -0.2) is 67.3 Å². The molecule has 36 heavy (non-hydrogen) atoms. The fourth-order valence-corrected chi connectivity index (χ4v) is 4.92. The molecule has 6 aromatic rings. The van der Waals surface area contributed by atoms with Gasteiger partial charge in [-0.1, -0.05) is 0 Å². The van der Waals surface area contributed by atoms with Crippen LogP contribution in [0.25, 0.3) is 55.2 Å². The average molecular weight is 497 g/mol. The van der Waals surface area contributed by atoms with Crippen LogP contribution in [0.15, 0.2) is 55.2 Å². The third kappa shape index (κ3) is 4.21. The Hall–Kier alpha value is -4.15. The van der Waals surface area contributed by atoms with Gasteiger partial charge in [-0.05, 0) is 45.3 Å². The molecule has 9 nitrogen and oxygen atoms in total. The standard InChI is InChI=1S/C26H24N8OS/c1-15-4-5-23(36-15)19-12-28-13-22-24(19)31-26(30-22)25-18-9-20(29-14-21(18)32-33-25)16-8-17(11-27-10-16)35-7-6-34(2)3/h4-5,8-14H,6-7H2,1-3H3,(H,30,31)(H,32,33). The Morgan fingerprint density at radius 1 is 1.00 bits per heavy atom. The Morgan fingerprint density at radius 2 is 1.89 bits per heavy atom. The van der Waals surface area contributed by atoms with Gasteiger partial charge in [-0.3, -0.25) is 20.1 Å². The van der Waals surface area contributed by atoms with Crippen LogP contribution in [0.4, 0.5) is 0 Å². The third-order valence-corrected chi connectivity index (χ3v) is 6.92. The van der Waals surface area contributed by atoms with E-state index in [1.165, 1.54) is 4.88 Å². The highest BCUT2D eigenvalue weighted by atomic mass is 32.1. The molecule has 0 amide bonds. The number of imidazole rings is 1. The van der Waals surface area contributed by atoms with Crippen LogP contribution in [0.1, 0.15) is 4.88 Å². The van der Waals surface area contributed by atoms with E-state index in [0.29, 0.717) is 18.2 Å². The molecule has 0 spiro atoms. The zero-order valence-electron chi connectivity index (χ0n) is 20.1. The Kier molecular flexibility index (Phi) is 5.67. The van der Waals surface area contributed by atoms with Crippen LogP contribution in [0.3, 0.4) is 0 Å². The summed E-state index contributed by atoms with van der Waals surface area (Å²) in [4.78, 5) is 26.2. The normalized spacial score (nSPS) is 11.7. The van der Waals surface area contributed by atoms with E-state index in [4.69, 9.17) is 9.72 Å². The average Bonchev–Trinajstić information content (AvgIpc) is 3.61. The van der Waals surface area contributed by atoms with Gasteiger partial charge in [-0.2, -0.15) is 5.10 Å². The summed E-state index contributed by atoms with van der Waals surface area (Å²) in [5, 5.41) is 8.55. The molecule has 0 fully saturated rings. The van der Waals surface area contributed by atoms with E-state index in [9.17, 15) is 0 Å². The minimum Gasteiger partial charge on any atom is -0.491 e. The second-order valence-corrected chi connectivity index (χ2v) is 10.1. The molecule has 0 aliphatic carbocycles. The molecule has 0 atom stereocenters. The van der Waals surface area contributed by atoms with Crippen molar-refractivity contribution in [3.8, 4) is 39.0 Å². The van der Waals surface area contributed by atoms with E-state index in [1.54, 1.807) is 36.1 Å². The Labute approximate surface area is 211 Å². The number of rotatable bonds is 7. The van der Waals surface area contributed by atoms with Gasteiger partial charge in [0.05, 0.1) is 35.3 Å². The number of likely N-dealkylation sites (N-methyl/N-ethyl adjacent to an activating group) is 1. The van der Waals surface area contributed by atoms with Gasteiger partial charge in [-0.25, -0.2) is 4.98 Å². The molecule has 0 aliphatic heterocycles. The number of nitrogens with one attached hydrogen (secondary N) is 2. The van der Waals surface area contributed by atoms with Crippen LogP contribution in [0, 0.1) is 6.92 Å². The summed E-state index contributed by atoms with van der Waals surface area (Å²) in [5.74, 6) is 1.39. The van der Waals surface area contributed by atoms with Gasteiger partial charge in [0.2, 0.25) is 0 Å². The van der Waals surface area contributed by atoms with Crippen LogP contribution in [0.5, 0.6) is 5.75 Å². The topological polar surface area (TPSA) is 108 Å². The van der Waals surface area contributed by atoms with E-state index < -0.39 is 0 Å². The number of H-pyrrole nitrogens is 2. The highest BCUT2D eigenvalue weighted by Gasteiger charge is 2.17. The van der Waals surface area contributed by atoms with E-state index >= 15 is 0 Å². The fraction of sp³-hybridized carbons (Fsp3) is 0.192. The van der Waals surface area contributed by atoms with Crippen molar-refractivity contribution in [2.75, 3.05) is 27.2 Å². The molecule has 6 aromatic heterocycles. The van der Waals surface area contributed by atoms with E-state index in [-0.39, 0.29) is 0 Å². The molecule has 0 bridgehead atoms. The number of pyridine rings is 3. The molecule has 0 aliphatic rings. The highest BCUT2D eigenvalue weighted by Crippen LogP contribution is 2.34. The zero-order chi connectivity index (χ0) is 24.6. The van der Waals surface area contributed by atoms with Gasteiger partial charge in [0.15, 0.2) is 5.82 Å². The number of ether oxygens (including phenoxy) is 1. The lowest BCUT2D eigenvalue weighted by Gasteiger charge is -2.11. The first-order valence-corrected chi connectivity index (χ1v) is 12.3. The van der Waals surface area contributed by atoms with Crippen LogP contribution < -0.4 is 4.74 Å². The molecule has 10 heteroatoms. The number of nitrogens with zero attached hydrogens (tertiary/aromatic N) is 6. The van der Waals surface area contributed by atoms with Gasteiger partial charge >= 0.3 is 0 Å². The van der Waals surface area contributed by atoms with Gasteiger partial charge < -0.3 is 14.6 Å². The molecular weight excluding hydrogens is 472 g/mol. The van der Waals surface area contributed by atoms with Gasteiger partial charge in [-0.15, -0.1) is 11.3 Å². The van der Waals surface area contributed by atoms with Gasteiger partial charge in [0, 0.05) is 45.2 Å². The SMILES string of the molecule is Cc1ccc(-c2cncc3[nH]c(-c4n[nH]c5cnc(-c6cncc(OCCN(C)C)c6)cc45)nc23)s1. The van der Waals surface area contributed by atoms with Crippen LogP contribution in [-0.2, 0) is 0 Å². The van der Waals surface area contributed by atoms with Crippen molar-refractivity contribution in [2.24, 2.45) is 0 Å². The van der Waals surface area contributed by atoms with Crippen molar-refractivity contribution in [3.63, 3.8) is 0 Å². The summed E-state index contributed by atoms with van der Waals surface area (Å²) in [6, 6.07) is 8.18. The van der Waals surface area contributed by atoms with E-state index in [2.05, 4.69) is 54.1 Å². The molecule has 0 saturated carbocycles. The fourth-order valence-electron chi connectivity index (χ4n) is 4.04. The molecule has 0 aromatic carbocycles. The molecule has 6 rings (SSSR count). The zero-order valence-corrected chi connectivity index (χ0v) is 20.9. The number of aromatic nitrogens is 7. The predicted octanol–water partition coefficient (Wildman–Crippen LogP) is 4.94. The number of aryl methyl sites for hydroxylation is 1. The molecule has 180 valence electrons. The largest absolute Gasteiger partial charge is 0.491 e. The van der Waals surface area contributed by atoms with Gasteiger partial charge in [0.1, 0.15) is 23.6 Å². The summed E-state index contributed by atoms with van der Waals surface area (Å²) >= 11 is 1.73. The minimum atomic E-state index is 0.588. The van der Waals surface area contributed by atoms with Crippen molar-refractivity contribution < 1.29 is 4.74 Å². The summed E-state index contributed by atoms with van der Waals surface area (Å²) in [5.41, 5.74) is 5.95. The van der Waals surface area contributed by atoms with E-state index in [0.717, 1.165) is 55.9 Å². The van der Waals surface area contributed by atoms with Crippen molar-refractivity contribution in [2.45, 2.75) is 6.92 Å². The van der Waals surface area contributed by atoms with Crippen molar-refractivity contribution in [3.05, 3.63) is 60.1 Å². The summed E-state index contributed by atoms with van der Waals surface area (Å²) in [7, 11) is 4.03. The van der Waals surface area contributed by atoms with E-state index in [1.807, 2.05) is 32.4 Å². The first-order valence-electron chi connectivity index (χ1n) is 11.5. The van der Waals surface area contributed by atoms with Crippen molar-refractivity contribution in [1.82, 2.24) is 40.0 Å². The first kappa shape index (κ1) is 22.3. The Bertz CT molecular complexity index is 1680. The smallest absolute Gasteiger partial charge is 0.159 e. The number of aromatic amines is 2. The number of fused-ring (bicyclic) bond motifs is 2. The molecule has 0 saturated heterocycles. The lowest BCUT2D eigenvalue weighted by molar-refractivity contribution is 0.261. The second kappa shape index (κ2) is 9.14. The second-order valence-electron chi connectivity index (χ2n) is 8.83. The maximum absolute atomic E-state index is 5.86. The van der Waals surface area contributed by atoms with Crippen molar-refractivity contribution >= 4 is 33.3 Å². The number of hydrogen-bond acceptors (Lipinski definition) is 8. The molecule has 0 radical (unpaired) electrons. The first-order chi connectivity index (χ1) is 17.5. The Balaban J connectivity index is 1.37. The van der Waals surface area contributed by atoms with Gasteiger partial charge in [0.25, 0.3) is 0 Å². The predicted molar refractivity (Wildman–Crippen MR) is 142 cm³/mol. The number of thiophene rings is 1. The highest BCUT2D eigenvalue weighted by molar-refractivity contribution is 7.15. The van der Waals surface area contributed by atoms with Crippen LogP contribution in [0.2, 0.25) is 0 Å². The lowest BCUT2D eigenvalue weighted by atomic mass is 10.1. The maximum Gasteiger partial charge on any atom is 0.159 e. The Morgan fingerprint density at radius 3 is 2.72 bits per heavy atom. The summed E-state index contributed by atoms with van der Waals surface area (Å²) < 4.78 is 5.86. The quantitative estimate of drug-likeness (QED) is 0.322. The van der Waals surface area contributed by atoms with Crippen molar-refractivity contribution in [1.29, 1.82) is 0 Å². The summed E-state index contributed by atoms with van der Waals surface area (Å²) in [6.45, 7) is 3.51. The monoisotopic (exact) mass is 496 g/mol. The molecule has 2 N–H and O–H groups in total. The molecule has 6 heterocycles. The number of hydrogen-bond donors (Lipinski definition) is 2. The molecular formula is C26H24N8OS. The third-order valence-electron chi connectivity index (χ3n) is 5.89. The summed E-state index contributed by atoms with van der Waals surface area (Å²) in [6.07, 6.45) is 8.95. The minimum absolute atomic E-state index is 0.588. The maximum atomic E-state index is 5.86. The molecule has 0 unspecified atom stereocenters. The lowest BCUT2D eigenvalue weighted by Crippen LogP contribution is -2.19. The van der Waals surface area contributed by atoms with Crippen LogP contribution >= 0.6 is 11.3 Å².